The van der Waals surface area contributed by atoms with Crippen molar-refractivity contribution in [3.8, 4) is 5.75 Å². The molecule has 0 unspecified atom stereocenters. The van der Waals surface area contributed by atoms with Crippen LogP contribution in [-0.4, -0.2) is 35.0 Å². The van der Waals surface area contributed by atoms with Crippen molar-refractivity contribution in [1.82, 2.24) is 4.90 Å². The molecule has 0 aliphatic heterocycles. The number of anilines is 3. The van der Waals surface area contributed by atoms with Crippen LogP contribution in [0.2, 0.25) is 0 Å². The number of carbonyl (C=O) groups excluding carboxylic acids is 1. The summed E-state index contributed by atoms with van der Waals surface area (Å²) < 4.78 is 0. The van der Waals surface area contributed by atoms with Gasteiger partial charge in [0, 0.05) is 19.1 Å². The predicted octanol–water partition coefficient (Wildman–Crippen LogP) is 2.67. The Balaban J connectivity index is 2.34. The normalized spacial score (nSPS) is 12.4. The van der Waals surface area contributed by atoms with E-state index in [9.17, 15) is 19.5 Å². The van der Waals surface area contributed by atoms with Crippen LogP contribution in [-0.2, 0) is 0 Å². The second-order valence-corrected chi connectivity index (χ2v) is 7.42. The number of hydrogen-bond donors (Lipinski definition) is 3. The van der Waals surface area contributed by atoms with Gasteiger partial charge in [-0.05, 0) is 38.8 Å². The van der Waals surface area contributed by atoms with Gasteiger partial charge in [0.2, 0.25) is 0 Å². The van der Waals surface area contributed by atoms with E-state index in [2.05, 4.69) is 10.6 Å². The fourth-order valence-electron chi connectivity index (χ4n) is 2.42. The van der Waals surface area contributed by atoms with Gasteiger partial charge >= 0.3 is 0 Å². The van der Waals surface area contributed by atoms with Crippen LogP contribution in [0.25, 0.3) is 0 Å². The van der Waals surface area contributed by atoms with Crippen LogP contribution >= 0.6 is 0 Å². The van der Waals surface area contributed by atoms with E-state index in [0.717, 1.165) is 0 Å². The minimum atomic E-state index is -0.649. The highest BCUT2D eigenvalue weighted by atomic mass is 16.3. The molecule has 0 aliphatic rings. The van der Waals surface area contributed by atoms with Crippen molar-refractivity contribution in [2.75, 3.05) is 17.7 Å². The van der Waals surface area contributed by atoms with Crippen molar-refractivity contribution >= 4 is 23.0 Å². The first kappa shape index (κ1) is 20.5. The van der Waals surface area contributed by atoms with Crippen LogP contribution in [0.3, 0.4) is 0 Å². The number of nitrogens with zero attached hydrogens (tertiary/aromatic N) is 1. The number of carbonyl (C=O) groups is 1. The molecule has 0 spiro atoms. The van der Waals surface area contributed by atoms with Gasteiger partial charge in [-0.15, -0.1) is 0 Å². The van der Waals surface area contributed by atoms with Crippen molar-refractivity contribution < 1.29 is 9.90 Å². The number of para-hydroxylation sites is 1. The summed E-state index contributed by atoms with van der Waals surface area (Å²) in [5, 5.41) is 16.4. The molecule has 27 heavy (non-hydrogen) atoms. The molecule has 2 rings (SSSR count). The molecule has 0 fully saturated rings. The first-order chi connectivity index (χ1) is 12.6. The lowest BCUT2D eigenvalue weighted by molar-refractivity contribution is 0.0752. The first-order valence-electron chi connectivity index (χ1n) is 9.02. The van der Waals surface area contributed by atoms with E-state index in [0.29, 0.717) is 0 Å². The van der Waals surface area contributed by atoms with Gasteiger partial charge in [-0.2, -0.15) is 0 Å². The Morgan fingerprint density at radius 2 is 1.63 bits per heavy atom. The summed E-state index contributed by atoms with van der Waals surface area (Å²) in [6.45, 7) is 9.66. The Hall–Kier alpha value is -2.83. The molecule has 1 atom stereocenters. The Bertz CT molecular complexity index is 911. The zero-order valence-electron chi connectivity index (χ0n) is 16.6. The monoisotopic (exact) mass is 373 g/mol. The number of aromatic hydroxyl groups is 1. The van der Waals surface area contributed by atoms with Gasteiger partial charge in [0.25, 0.3) is 16.8 Å². The van der Waals surface area contributed by atoms with Gasteiger partial charge in [0.05, 0.1) is 11.3 Å². The minimum absolute atomic E-state index is 0.00458. The number of hydrogen-bond acceptors (Lipinski definition) is 6. The number of amides is 1. The molecule has 2 aromatic rings. The number of benzene rings is 1. The molecule has 0 heterocycles. The van der Waals surface area contributed by atoms with Crippen molar-refractivity contribution in [3.05, 3.63) is 44.2 Å². The first-order valence-corrected chi connectivity index (χ1v) is 9.02. The van der Waals surface area contributed by atoms with E-state index in [4.69, 9.17) is 0 Å². The van der Waals surface area contributed by atoms with E-state index in [1.54, 1.807) is 19.2 Å². The number of rotatable bonds is 7. The smallest absolute Gasteiger partial charge is 0.257 e. The largest absolute Gasteiger partial charge is 0.505 e. The quantitative estimate of drug-likeness (QED) is 0.510. The van der Waals surface area contributed by atoms with Crippen LogP contribution in [0, 0.1) is 5.92 Å². The lowest BCUT2D eigenvalue weighted by Gasteiger charge is -2.24. The molecular formula is C20H27N3O4. The van der Waals surface area contributed by atoms with E-state index in [-0.39, 0.29) is 52.3 Å². The van der Waals surface area contributed by atoms with Gasteiger partial charge < -0.3 is 20.6 Å². The van der Waals surface area contributed by atoms with Gasteiger partial charge in [-0.3, -0.25) is 14.4 Å². The third-order valence-electron chi connectivity index (χ3n) is 4.90. The SMILES string of the molecule is CC(C)[C@H](C)Nc1c(Nc2cccc(C(=O)N(C)C(C)C)c2O)c(=O)c1=O. The molecule has 146 valence electrons. The van der Waals surface area contributed by atoms with Gasteiger partial charge in [-0.25, -0.2) is 0 Å². The summed E-state index contributed by atoms with van der Waals surface area (Å²) >= 11 is 0. The summed E-state index contributed by atoms with van der Waals surface area (Å²) in [5.74, 6) is -0.322. The minimum Gasteiger partial charge on any atom is -0.505 e. The maximum absolute atomic E-state index is 12.5. The zero-order chi connectivity index (χ0) is 20.5. The highest BCUT2D eigenvalue weighted by Crippen LogP contribution is 2.32. The standard InChI is InChI=1S/C20H27N3O4/c1-10(2)12(5)21-15-16(19(26)18(15)25)22-14-9-7-8-13(17(14)24)20(27)23(6)11(3)4/h7-12,21-22,24H,1-6H3/t12-/m0/s1. The van der Waals surface area contributed by atoms with Crippen molar-refractivity contribution in [3.63, 3.8) is 0 Å². The van der Waals surface area contributed by atoms with Crippen LogP contribution in [0.1, 0.15) is 45.0 Å². The van der Waals surface area contributed by atoms with Crippen LogP contribution in [0.4, 0.5) is 17.1 Å². The predicted molar refractivity (Wildman–Crippen MR) is 108 cm³/mol. The van der Waals surface area contributed by atoms with Crippen LogP contribution in [0.15, 0.2) is 27.8 Å². The Labute approximate surface area is 158 Å². The summed E-state index contributed by atoms with van der Waals surface area (Å²) in [6.07, 6.45) is 0. The lowest BCUT2D eigenvalue weighted by atomic mass is 10.0. The molecule has 2 aromatic carbocycles. The molecule has 1 amide bonds. The molecule has 0 saturated carbocycles. The average Bonchev–Trinajstić information content (AvgIpc) is 2.63. The molecule has 0 aliphatic carbocycles. The summed E-state index contributed by atoms with van der Waals surface area (Å²) in [6, 6.07) is 4.64. The molecule has 0 saturated heterocycles. The Morgan fingerprint density at radius 1 is 1.04 bits per heavy atom. The Kier molecular flexibility index (Phi) is 5.93. The maximum atomic E-state index is 12.5. The van der Waals surface area contributed by atoms with Gasteiger partial charge in [0.1, 0.15) is 11.4 Å². The molecular weight excluding hydrogens is 346 g/mol. The molecule has 0 aromatic heterocycles. The van der Waals surface area contributed by atoms with E-state index in [1.807, 2.05) is 34.6 Å². The second-order valence-electron chi connectivity index (χ2n) is 7.42. The highest BCUT2D eigenvalue weighted by molar-refractivity contribution is 5.99. The zero-order valence-corrected chi connectivity index (χ0v) is 16.6. The fourth-order valence-corrected chi connectivity index (χ4v) is 2.42. The molecule has 3 N–H and O–H groups in total. The molecule has 7 nitrogen and oxygen atoms in total. The third-order valence-corrected chi connectivity index (χ3v) is 4.90. The van der Waals surface area contributed by atoms with Gasteiger partial charge in [-0.1, -0.05) is 19.9 Å². The van der Waals surface area contributed by atoms with E-state index in [1.165, 1.54) is 11.0 Å². The van der Waals surface area contributed by atoms with Crippen molar-refractivity contribution in [2.45, 2.75) is 46.7 Å². The maximum Gasteiger partial charge on any atom is 0.257 e. The average molecular weight is 373 g/mol. The topological polar surface area (TPSA) is 98.7 Å². The van der Waals surface area contributed by atoms with E-state index < -0.39 is 10.9 Å². The number of nitrogens with one attached hydrogen (secondary N) is 2. The molecule has 0 bridgehead atoms. The number of phenols is 1. The lowest BCUT2D eigenvalue weighted by Crippen LogP contribution is -2.39. The van der Waals surface area contributed by atoms with Gasteiger partial charge in [0.15, 0.2) is 5.75 Å². The molecule has 7 heteroatoms. The summed E-state index contributed by atoms with van der Waals surface area (Å²) in [5.41, 5.74) is -0.605. The van der Waals surface area contributed by atoms with Crippen molar-refractivity contribution in [2.24, 2.45) is 5.92 Å². The van der Waals surface area contributed by atoms with Crippen molar-refractivity contribution in [1.29, 1.82) is 0 Å². The second kappa shape index (κ2) is 7.82. The molecule has 0 radical (unpaired) electrons. The van der Waals surface area contributed by atoms with Crippen LogP contribution in [0.5, 0.6) is 5.75 Å². The summed E-state index contributed by atoms with van der Waals surface area (Å²) in [7, 11) is 1.65. The number of phenolic OH excluding ortho intramolecular Hbond substituents is 1. The summed E-state index contributed by atoms with van der Waals surface area (Å²) in [4.78, 5) is 37.9. The Morgan fingerprint density at radius 3 is 2.19 bits per heavy atom. The highest BCUT2D eigenvalue weighted by Gasteiger charge is 2.25. The van der Waals surface area contributed by atoms with E-state index >= 15 is 0 Å². The third kappa shape index (κ3) is 3.97. The van der Waals surface area contributed by atoms with Crippen LogP contribution < -0.4 is 21.5 Å². The fraction of sp³-hybridized carbons (Fsp3) is 0.450.